The lowest BCUT2D eigenvalue weighted by Gasteiger charge is -2.33. The van der Waals surface area contributed by atoms with E-state index in [0.29, 0.717) is 10.5 Å². The van der Waals surface area contributed by atoms with Gasteiger partial charge in [0.05, 0.1) is 12.3 Å². The second-order valence-corrected chi connectivity index (χ2v) is 4.70. The van der Waals surface area contributed by atoms with Crippen LogP contribution in [-0.2, 0) is 0 Å². The number of rotatable bonds is 3. The molecule has 15 heavy (non-hydrogen) atoms. The fourth-order valence-electron chi connectivity index (χ4n) is 2.64. The van der Waals surface area contributed by atoms with Crippen LogP contribution in [-0.4, -0.2) is 35.1 Å². The molecule has 3 nitrogen and oxygen atoms in total. The third kappa shape index (κ3) is 2.29. The molecule has 0 amide bonds. The molecule has 1 aliphatic carbocycles. The van der Waals surface area contributed by atoms with Crippen LogP contribution in [0.2, 0.25) is 0 Å². The van der Waals surface area contributed by atoms with Gasteiger partial charge < -0.3 is 5.11 Å². The second-order valence-electron chi connectivity index (χ2n) is 4.70. The Labute approximate surface area is 91.7 Å². The first-order chi connectivity index (χ1) is 7.26. The summed E-state index contributed by atoms with van der Waals surface area (Å²) < 4.78 is 0.682. The van der Waals surface area contributed by atoms with Gasteiger partial charge in [-0.25, -0.2) is 0 Å². The van der Waals surface area contributed by atoms with E-state index in [1.54, 1.807) is 0 Å². The van der Waals surface area contributed by atoms with Gasteiger partial charge in [-0.1, -0.05) is 17.9 Å². The molecule has 2 rings (SSSR count). The minimum atomic E-state index is -0.107. The number of allylic oxidation sites excluding steroid dienone is 1. The van der Waals surface area contributed by atoms with E-state index < -0.39 is 0 Å². The molecule has 84 valence electrons. The van der Waals surface area contributed by atoms with Crippen molar-refractivity contribution in [2.75, 3.05) is 13.1 Å². The summed E-state index contributed by atoms with van der Waals surface area (Å²) >= 11 is 0. The van der Waals surface area contributed by atoms with Crippen LogP contribution < -0.4 is 0 Å². The van der Waals surface area contributed by atoms with Gasteiger partial charge in [-0.3, -0.25) is 0 Å². The molecule has 1 heterocycles. The highest BCUT2D eigenvalue weighted by atomic mass is 16.3. The van der Waals surface area contributed by atoms with Gasteiger partial charge in [-0.05, 0) is 19.8 Å². The second kappa shape index (κ2) is 4.45. The number of nitrogens with zero attached hydrogens (tertiary/aromatic N) is 2. The average Bonchev–Trinajstić information content (AvgIpc) is 2.71. The summed E-state index contributed by atoms with van der Waals surface area (Å²) in [6.07, 6.45) is 10.5. The third-order valence-electron chi connectivity index (χ3n) is 3.71. The summed E-state index contributed by atoms with van der Waals surface area (Å²) in [5.74, 6) is 0.429. The summed E-state index contributed by atoms with van der Waals surface area (Å²) in [6, 6.07) is 0. The first kappa shape index (κ1) is 10.8. The van der Waals surface area contributed by atoms with Gasteiger partial charge in [-0.2, -0.15) is 4.59 Å². The quantitative estimate of drug-likeness (QED) is 0.707. The Morgan fingerprint density at radius 2 is 2.20 bits per heavy atom. The maximum atomic E-state index is 9.95. The lowest BCUT2D eigenvalue weighted by molar-refractivity contribution is -0.885. The Morgan fingerprint density at radius 1 is 1.40 bits per heavy atom. The highest BCUT2D eigenvalue weighted by molar-refractivity contribution is 5.71. The predicted octanol–water partition coefficient (Wildman–Crippen LogP) is 1.89. The molecule has 3 atom stereocenters. The van der Waals surface area contributed by atoms with Crippen molar-refractivity contribution in [3.05, 3.63) is 12.3 Å². The molecule has 3 heteroatoms. The molecule has 0 bridgehead atoms. The number of quaternary nitrogens is 1. The topological polar surface area (TPSA) is 32.6 Å². The van der Waals surface area contributed by atoms with Gasteiger partial charge >= 0.3 is 0 Å². The summed E-state index contributed by atoms with van der Waals surface area (Å²) in [6.45, 7) is 4.10. The van der Waals surface area contributed by atoms with Crippen LogP contribution in [0, 0.1) is 5.92 Å². The van der Waals surface area contributed by atoms with E-state index in [1.807, 2.05) is 12.3 Å². The Bertz CT molecular complexity index is 261. The SMILES string of the molecule is CC[N+]1(CC2CCCCC2O)C=CC=N1. The van der Waals surface area contributed by atoms with Crippen LogP contribution in [0.5, 0.6) is 0 Å². The van der Waals surface area contributed by atoms with E-state index in [9.17, 15) is 5.11 Å². The zero-order chi connectivity index (χ0) is 10.7. The molecule has 1 N–H and O–H groups in total. The van der Waals surface area contributed by atoms with Crippen LogP contribution in [0.15, 0.2) is 17.4 Å². The van der Waals surface area contributed by atoms with E-state index in [2.05, 4.69) is 18.2 Å². The molecular formula is C12H21N2O+. The highest BCUT2D eigenvalue weighted by Gasteiger charge is 2.34. The molecule has 0 aromatic heterocycles. The molecule has 0 saturated heterocycles. The fraction of sp³-hybridized carbons (Fsp3) is 0.750. The Balaban J connectivity index is 2.00. The molecule has 0 aromatic carbocycles. The maximum absolute atomic E-state index is 9.95. The smallest absolute Gasteiger partial charge is 0.124 e. The maximum Gasteiger partial charge on any atom is 0.124 e. The largest absolute Gasteiger partial charge is 0.393 e. The van der Waals surface area contributed by atoms with Crippen LogP contribution in [0.4, 0.5) is 0 Å². The minimum Gasteiger partial charge on any atom is -0.393 e. The Morgan fingerprint density at radius 3 is 2.80 bits per heavy atom. The number of hydrogen-bond acceptors (Lipinski definition) is 2. The lowest BCUT2D eigenvalue weighted by atomic mass is 9.86. The van der Waals surface area contributed by atoms with Crippen molar-refractivity contribution in [3.8, 4) is 0 Å². The van der Waals surface area contributed by atoms with Crippen LogP contribution in [0.1, 0.15) is 32.6 Å². The van der Waals surface area contributed by atoms with Crippen LogP contribution in [0.3, 0.4) is 0 Å². The van der Waals surface area contributed by atoms with Gasteiger partial charge in [0.1, 0.15) is 19.3 Å². The molecule has 1 aliphatic heterocycles. The van der Waals surface area contributed by atoms with E-state index >= 15 is 0 Å². The molecule has 1 saturated carbocycles. The molecule has 0 radical (unpaired) electrons. The molecule has 0 spiro atoms. The number of hydrogen-bond donors (Lipinski definition) is 1. The Hall–Kier alpha value is -0.670. The molecule has 3 unspecified atom stereocenters. The molecule has 0 aromatic rings. The summed E-state index contributed by atoms with van der Waals surface area (Å²) in [5, 5.41) is 14.5. The molecule has 2 aliphatic rings. The van der Waals surface area contributed by atoms with E-state index in [1.165, 1.54) is 12.8 Å². The van der Waals surface area contributed by atoms with Crippen molar-refractivity contribution in [2.24, 2.45) is 11.0 Å². The van der Waals surface area contributed by atoms with Crippen molar-refractivity contribution < 1.29 is 9.70 Å². The average molecular weight is 209 g/mol. The fourth-order valence-corrected chi connectivity index (χ4v) is 2.64. The van der Waals surface area contributed by atoms with Crippen LogP contribution in [0.25, 0.3) is 0 Å². The van der Waals surface area contributed by atoms with Gasteiger partial charge in [0.25, 0.3) is 0 Å². The zero-order valence-electron chi connectivity index (χ0n) is 9.47. The number of aliphatic hydroxyl groups excluding tert-OH is 1. The van der Waals surface area contributed by atoms with Crippen molar-refractivity contribution >= 4 is 6.21 Å². The zero-order valence-corrected chi connectivity index (χ0v) is 9.47. The first-order valence-electron chi connectivity index (χ1n) is 6.04. The van der Waals surface area contributed by atoms with Gasteiger partial charge in [0.15, 0.2) is 0 Å². The summed E-state index contributed by atoms with van der Waals surface area (Å²) in [5.41, 5.74) is 0. The first-order valence-corrected chi connectivity index (χ1v) is 6.04. The summed E-state index contributed by atoms with van der Waals surface area (Å²) in [4.78, 5) is 0. The minimum absolute atomic E-state index is 0.107. The van der Waals surface area contributed by atoms with E-state index in [4.69, 9.17) is 0 Å². The predicted molar refractivity (Wildman–Crippen MR) is 61.3 cm³/mol. The standard InChI is InChI=1S/C12H21N2O/c1-2-14(9-5-8-13-14)10-11-6-3-4-7-12(11)15/h5,8-9,11-12,15H,2-4,6-7,10H2,1H3/q+1. The van der Waals surface area contributed by atoms with Crippen LogP contribution >= 0.6 is 0 Å². The van der Waals surface area contributed by atoms with Gasteiger partial charge in [0, 0.05) is 12.0 Å². The van der Waals surface area contributed by atoms with Crippen molar-refractivity contribution in [2.45, 2.75) is 38.7 Å². The van der Waals surface area contributed by atoms with Crippen molar-refractivity contribution in [1.29, 1.82) is 0 Å². The Kier molecular flexibility index (Phi) is 3.22. The molecular weight excluding hydrogens is 188 g/mol. The lowest BCUT2D eigenvalue weighted by Crippen LogP contribution is -2.44. The summed E-state index contributed by atoms with van der Waals surface area (Å²) in [7, 11) is 0. The third-order valence-corrected chi connectivity index (χ3v) is 3.71. The van der Waals surface area contributed by atoms with E-state index in [-0.39, 0.29) is 6.10 Å². The van der Waals surface area contributed by atoms with Crippen molar-refractivity contribution in [1.82, 2.24) is 0 Å². The van der Waals surface area contributed by atoms with Gasteiger partial charge in [-0.15, -0.1) is 0 Å². The highest BCUT2D eigenvalue weighted by Crippen LogP contribution is 2.28. The molecule has 1 fully saturated rings. The normalized spacial score (nSPS) is 39.9. The van der Waals surface area contributed by atoms with E-state index in [0.717, 1.165) is 25.9 Å². The van der Waals surface area contributed by atoms with Crippen molar-refractivity contribution in [3.63, 3.8) is 0 Å². The number of aliphatic hydroxyl groups is 1. The van der Waals surface area contributed by atoms with Gasteiger partial charge in [0.2, 0.25) is 0 Å². The monoisotopic (exact) mass is 209 g/mol.